The number of fused-ring (bicyclic) bond motifs is 1. The van der Waals surface area contributed by atoms with Crippen molar-refractivity contribution in [3.05, 3.63) is 53.1 Å². The molecule has 1 atom stereocenters. The molecular formula is C20H17F2N3O2S. The molecule has 3 aromatic rings. The summed E-state index contributed by atoms with van der Waals surface area (Å²) in [5.74, 6) is -2.91. The predicted molar refractivity (Wildman–Crippen MR) is 105 cm³/mol. The number of carbonyl (C=O) groups is 2. The number of nitrogens with zero attached hydrogens (tertiary/aromatic N) is 2. The maximum absolute atomic E-state index is 13.3. The van der Waals surface area contributed by atoms with E-state index in [1.165, 1.54) is 0 Å². The molecule has 1 saturated heterocycles. The molecule has 4 rings (SSSR count). The summed E-state index contributed by atoms with van der Waals surface area (Å²) in [7, 11) is 0. The monoisotopic (exact) mass is 401 g/mol. The van der Waals surface area contributed by atoms with Gasteiger partial charge in [0, 0.05) is 24.7 Å². The smallest absolute Gasteiger partial charge is 0.231 e. The van der Waals surface area contributed by atoms with Crippen LogP contribution in [-0.4, -0.2) is 23.3 Å². The van der Waals surface area contributed by atoms with Gasteiger partial charge in [-0.3, -0.25) is 9.59 Å². The van der Waals surface area contributed by atoms with Gasteiger partial charge in [0.05, 0.1) is 16.1 Å². The molecule has 0 aliphatic carbocycles. The van der Waals surface area contributed by atoms with Crippen LogP contribution in [0.2, 0.25) is 0 Å². The van der Waals surface area contributed by atoms with Gasteiger partial charge in [-0.2, -0.15) is 0 Å². The van der Waals surface area contributed by atoms with Crippen molar-refractivity contribution in [3.63, 3.8) is 0 Å². The third-order valence-electron chi connectivity index (χ3n) is 5.02. The molecule has 2 amide bonds. The molecule has 0 bridgehead atoms. The molecule has 1 aromatic heterocycles. The van der Waals surface area contributed by atoms with E-state index in [0.717, 1.165) is 40.3 Å². The van der Waals surface area contributed by atoms with Gasteiger partial charge >= 0.3 is 0 Å². The lowest BCUT2D eigenvalue weighted by Gasteiger charge is -2.20. The van der Waals surface area contributed by atoms with E-state index in [0.29, 0.717) is 4.70 Å². The molecule has 1 aliphatic heterocycles. The lowest BCUT2D eigenvalue weighted by molar-refractivity contribution is -0.122. The number of amides is 2. The molecular weight excluding hydrogens is 384 g/mol. The number of aromatic nitrogens is 1. The van der Waals surface area contributed by atoms with Crippen LogP contribution in [0.25, 0.3) is 10.2 Å². The molecule has 2 heterocycles. The van der Waals surface area contributed by atoms with Gasteiger partial charge in [-0.15, -0.1) is 0 Å². The number of hydrogen-bond donors (Lipinski definition) is 1. The second-order valence-corrected chi connectivity index (χ2v) is 7.90. The molecule has 1 aliphatic rings. The summed E-state index contributed by atoms with van der Waals surface area (Å²) in [4.78, 5) is 30.9. The van der Waals surface area contributed by atoms with Crippen LogP contribution in [0.15, 0.2) is 30.3 Å². The first-order chi connectivity index (χ1) is 13.3. The molecule has 5 nitrogen and oxygen atoms in total. The Morgan fingerprint density at radius 2 is 2.00 bits per heavy atom. The highest BCUT2D eigenvalue weighted by molar-refractivity contribution is 7.22. The Morgan fingerprint density at radius 3 is 2.79 bits per heavy atom. The normalized spacial score (nSPS) is 16.8. The fourth-order valence-corrected chi connectivity index (χ4v) is 4.20. The number of rotatable bonds is 3. The summed E-state index contributed by atoms with van der Waals surface area (Å²) >= 11 is 1.06. The fourth-order valence-electron chi connectivity index (χ4n) is 3.33. The minimum atomic E-state index is -0.985. The van der Waals surface area contributed by atoms with Crippen molar-refractivity contribution < 1.29 is 18.4 Å². The Hall–Kier alpha value is -2.87. The molecule has 144 valence electrons. The Labute approximate surface area is 164 Å². The van der Waals surface area contributed by atoms with E-state index in [-0.39, 0.29) is 35.4 Å². The SMILES string of the molecule is Cc1cccc(N2CC(C(=O)Nc3nc4cc(F)c(F)cc4s3)CC2=O)c1C. The van der Waals surface area contributed by atoms with E-state index in [1.54, 1.807) is 4.90 Å². The van der Waals surface area contributed by atoms with Gasteiger partial charge < -0.3 is 10.2 Å². The number of hydrogen-bond acceptors (Lipinski definition) is 4. The number of halogens is 2. The lowest BCUT2D eigenvalue weighted by atomic mass is 10.1. The Kier molecular flexibility index (Phi) is 4.58. The lowest BCUT2D eigenvalue weighted by Crippen LogP contribution is -2.28. The van der Waals surface area contributed by atoms with Gasteiger partial charge in [0.25, 0.3) is 0 Å². The van der Waals surface area contributed by atoms with E-state index in [9.17, 15) is 18.4 Å². The first-order valence-electron chi connectivity index (χ1n) is 8.76. The topological polar surface area (TPSA) is 62.3 Å². The van der Waals surface area contributed by atoms with Crippen LogP contribution < -0.4 is 10.2 Å². The van der Waals surface area contributed by atoms with E-state index >= 15 is 0 Å². The van der Waals surface area contributed by atoms with Gasteiger partial charge in [0.15, 0.2) is 16.8 Å². The minimum Gasteiger partial charge on any atom is -0.311 e. The van der Waals surface area contributed by atoms with Crippen molar-refractivity contribution in [1.29, 1.82) is 0 Å². The average molecular weight is 401 g/mol. The summed E-state index contributed by atoms with van der Waals surface area (Å²) in [6, 6.07) is 7.79. The number of thiazole rings is 1. The number of aryl methyl sites for hydroxylation is 1. The van der Waals surface area contributed by atoms with E-state index in [2.05, 4.69) is 10.3 Å². The number of anilines is 2. The maximum atomic E-state index is 13.3. The molecule has 2 aromatic carbocycles. The van der Waals surface area contributed by atoms with Gasteiger partial charge in [-0.05, 0) is 37.1 Å². The van der Waals surface area contributed by atoms with Crippen LogP contribution in [0.4, 0.5) is 19.6 Å². The van der Waals surface area contributed by atoms with Crippen LogP contribution in [0.1, 0.15) is 17.5 Å². The van der Waals surface area contributed by atoms with Crippen LogP contribution in [0.5, 0.6) is 0 Å². The van der Waals surface area contributed by atoms with E-state index < -0.39 is 17.6 Å². The molecule has 0 spiro atoms. The number of benzene rings is 2. The second-order valence-electron chi connectivity index (χ2n) is 6.87. The third-order valence-corrected chi connectivity index (χ3v) is 5.96. The van der Waals surface area contributed by atoms with E-state index in [4.69, 9.17) is 0 Å². The average Bonchev–Trinajstić information content (AvgIpc) is 3.21. The highest BCUT2D eigenvalue weighted by Crippen LogP contribution is 2.31. The number of nitrogens with one attached hydrogen (secondary N) is 1. The van der Waals surface area contributed by atoms with Gasteiger partial charge in [-0.25, -0.2) is 13.8 Å². The summed E-state index contributed by atoms with van der Waals surface area (Å²) in [5.41, 5.74) is 3.17. The zero-order valence-electron chi connectivity index (χ0n) is 15.3. The summed E-state index contributed by atoms with van der Waals surface area (Å²) < 4.78 is 27.1. The standard InChI is InChI=1S/C20H17F2N3O2S/c1-10-4-3-5-16(11(10)2)25-9-12(6-18(25)26)19(27)24-20-23-15-7-13(21)14(22)8-17(15)28-20/h3-5,7-8,12H,6,9H2,1-2H3,(H,23,24,27). The molecule has 0 radical (unpaired) electrons. The maximum Gasteiger partial charge on any atom is 0.231 e. The van der Waals surface area contributed by atoms with Crippen molar-refractivity contribution >= 4 is 44.2 Å². The van der Waals surface area contributed by atoms with Gasteiger partial charge in [-0.1, -0.05) is 23.5 Å². The van der Waals surface area contributed by atoms with Gasteiger partial charge in [0.2, 0.25) is 11.8 Å². The first-order valence-corrected chi connectivity index (χ1v) is 9.58. The molecule has 8 heteroatoms. The van der Waals surface area contributed by atoms with Crippen LogP contribution in [0, 0.1) is 31.4 Å². The van der Waals surface area contributed by atoms with Gasteiger partial charge in [0.1, 0.15) is 0 Å². The minimum absolute atomic E-state index is 0.105. The number of carbonyl (C=O) groups excluding carboxylic acids is 2. The highest BCUT2D eigenvalue weighted by atomic mass is 32.1. The van der Waals surface area contributed by atoms with Crippen molar-refractivity contribution in [3.8, 4) is 0 Å². The second kappa shape index (κ2) is 6.94. The first kappa shape index (κ1) is 18.5. The van der Waals surface area contributed by atoms with Crippen LogP contribution in [-0.2, 0) is 9.59 Å². The quantitative estimate of drug-likeness (QED) is 0.716. The Balaban J connectivity index is 1.51. The van der Waals surface area contributed by atoms with Crippen molar-refractivity contribution in [2.24, 2.45) is 5.92 Å². The zero-order chi connectivity index (χ0) is 20.0. The van der Waals surface area contributed by atoms with Crippen molar-refractivity contribution in [2.45, 2.75) is 20.3 Å². The van der Waals surface area contributed by atoms with Crippen LogP contribution in [0.3, 0.4) is 0 Å². The summed E-state index contributed by atoms with van der Waals surface area (Å²) in [6.07, 6.45) is 0.105. The van der Waals surface area contributed by atoms with Crippen LogP contribution >= 0.6 is 11.3 Å². The van der Waals surface area contributed by atoms with Crippen molar-refractivity contribution in [2.75, 3.05) is 16.8 Å². The molecule has 1 unspecified atom stereocenters. The Bertz CT molecular complexity index is 1070. The summed E-state index contributed by atoms with van der Waals surface area (Å²) in [5, 5.41) is 2.93. The molecule has 28 heavy (non-hydrogen) atoms. The predicted octanol–water partition coefficient (Wildman–Crippen LogP) is 4.18. The molecule has 0 saturated carbocycles. The summed E-state index contributed by atoms with van der Waals surface area (Å²) in [6.45, 7) is 4.20. The zero-order valence-corrected chi connectivity index (χ0v) is 16.1. The Morgan fingerprint density at radius 1 is 1.25 bits per heavy atom. The largest absolute Gasteiger partial charge is 0.311 e. The third kappa shape index (κ3) is 3.24. The highest BCUT2D eigenvalue weighted by Gasteiger charge is 2.36. The van der Waals surface area contributed by atoms with E-state index in [1.807, 2.05) is 32.0 Å². The van der Waals surface area contributed by atoms with Crippen molar-refractivity contribution in [1.82, 2.24) is 4.98 Å². The fraction of sp³-hybridized carbons (Fsp3) is 0.250. The molecule has 1 N–H and O–H groups in total. The molecule has 1 fully saturated rings.